The van der Waals surface area contributed by atoms with Gasteiger partial charge in [-0.25, -0.2) is 0 Å². The van der Waals surface area contributed by atoms with Gasteiger partial charge in [-0.05, 0) is 26.0 Å². The third-order valence-corrected chi connectivity index (χ3v) is 6.72. The smallest absolute Gasteiger partial charge is 0.362 e. The van der Waals surface area contributed by atoms with Crippen molar-refractivity contribution in [3.8, 4) is 0 Å². The van der Waals surface area contributed by atoms with Crippen molar-refractivity contribution in [3.63, 3.8) is 0 Å². The van der Waals surface area contributed by atoms with Gasteiger partial charge in [0.15, 0.2) is 0 Å². The van der Waals surface area contributed by atoms with Crippen LogP contribution in [0, 0.1) is 0 Å². The second-order valence-electron chi connectivity index (χ2n) is 3.72. The summed E-state index contributed by atoms with van der Waals surface area (Å²) in [6, 6.07) is 2.98. The van der Waals surface area contributed by atoms with Gasteiger partial charge in [0.2, 0.25) is 5.52 Å². The number of anilines is 1. The Morgan fingerprint density at radius 2 is 1.60 bits per heavy atom. The van der Waals surface area contributed by atoms with Crippen molar-refractivity contribution in [1.82, 2.24) is 4.98 Å². The number of rotatable bonds is 8. The van der Waals surface area contributed by atoms with E-state index >= 15 is 0 Å². The van der Waals surface area contributed by atoms with Gasteiger partial charge >= 0.3 is 15.2 Å². The van der Waals surface area contributed by atoms with Crippen LogP contribution < -0.4 is 5.32 Å². The summed E-state index contributed by atoms with van der Waals surface area (Å²) in [5.74, 6) is 0. The molecule has 0 bridgehead atoms. The van der Waals surface area contributed by atoms with E-state index < -0.39 is 20.7 Å². The molecule has 0 radical (unpaired) electrons. The van der Waals surface area contributed by atoms with Crippen LogP contribution in [0.3, 0.4) is 0 Å². The van der Waals surface area contributed by atoms with Crippen LogP contribution >= 0.6 is 15.2 Å². The Hall–Kier alpha value is -0.750. The molecule has 10 heteroatoms. The van der Waals surface area contributed by atoms with Crippen LogP contribution in [0.5, 0.6) is 0 Å². The summed E-state index contributed by atoms with van der Waals surface area (Å²) in [4.78, 5) is 23.5. The van der Waals surface area contributed by atoms with Crippen LogP contribution in [0.1, 0.15) is 13.8 Å². The van der Waals surface area contributed by atoms with Crippen molar-refractivity contribution in [2.75, 3.05) is 18.5 Å². The Morgan fingerprint density at radius 1 is 1.15 bits per heavy atom. The van der Waals surface area contributed by atoms with Gasteiger partial charge in [-0.3, -0.25) is 14.1 Å². The molecule has 20 heavy (non-hydrogen) atoms. The van der Waals surface area contributed by atoms with Crippen LogP contribution in [-0.4, -0.2) is 33.5 Å². The monoisotopic (exact) mass is 324 g/mol. The number of pyridine rings is 1. The Bertz CT molecular complexity index is 486. The van der Waals surface area contributed by atoms with Gasteiger partial charge < -0.3 is 24.2 Å². The van der Waals surface area contributed by atoms with E-state index in [0.717, 1.165) is 0 Å². The molecule has 0 saturated heterocycles. The first-order valence-corrected chi connectivity index (χ1v) is 9.23. The molecule has 3 N–H and O–H groups in total. The first-order valence-electron chi connectivity index (χ1n) is 5.94. The topological polar surface area (TPSA) is 118 Å². The van der Waals surface area contributed by atoms with Crippen LogP contribution in [0.2, 0.25) is 0 Å². The number of hydrogen-bond donors (Lipinski definition) is 3. The predicted octanol–water partition coefficient (Wildman–Crippen LogP) is 2.22. The molecule has 1 heterocycles. The summed E-state index contributed by atoms with van der Waals surface area (Å²) in [5, 5.41) is 2.51. The van der Waals surface area contributed by atoms with E-state index in [4.69, 9.17) is 9.05 Å². The van der Waals surface area contributed by atoms with Crippen molar-refractivity contribution in [3.05, 3.63) is 24.5 Å². The second kappa shape index (κ2) is 7.31. The minimum atomic E-state index is -4.39. The van der Waals surface area contributed by atoms with Crippen molar-refractivity contribution in [2.24, 2.45) is 0 Å². The molecule has 0 fully saturated rings. The molecule has 1 rings (SSSR count). The number of nitrogens with zero attached hydrogens (tertiary/aromatic N) is 1. The average Bonchev–Trinajstić information content (AvgIpc) is 2.36. The lowest BCUT2D eigenvalue weighted by atomic mass is 10.4. The fraction of sp³-hybridized carbons (Fsp3) is 0.500. The van der Waals surface area contributed by atoms with Crippen LogP contribution in [-0.2, 0) is 18.2 Å². The zero-order chi connectivity index (χ0) is 15.2. The number of hydrogen-bond acceptors (Lipinski definition) is 6. The van der Waals surface area contributed by atoms with E-state index in [1.165, 1.54) is 38.4 Å². The van der Waals surface area contributed by atoms with Gasteiger partial charge in [0.1, 0.15) is 0 Å². The highest BCUT2D eigenvalue weighted by Crippen LogP contribution is 2.64. The van der Waals surface area contributed by atoms with Gasteiger partial charge in [0, 0.05) is 18.1 Å². The highest BCUT2D eigenvalue weighted by atomic mass is 31.2. The molecule has 0 aliphatic carbocycles. The molecule has 2 atom stereocenters. The molecule has 1 aromatic rings. The molecule has 0 aliphatic heterocycles. The van der Waals surface area contributed by atoms with E-state index in [1.807, 2.05) is 0 Å². The van der Waals surface area contributed by atoms with Crippen molar-refractivity contribution in [2.45, 2.75) is 19.4 Å². The first kappa shape index (κ1) is 17.3. The molecule has 0 spiro atoms. The van der Waals surface area contributed by atoms with Crippen LogP contribution in [0.25, 0.3) is 0 Å². The predicted molar refractivity (Wildman–Crippen MR) is 74.6 cm³/mol. The maximum atomic E-state index is 12.1. The Balaban J connectivity index is 3.08. The van der Waals surface area contributed by atoms with E-state index in [0.29, 0.717) is 5.69 Å². The second-order valence-corrected chi connectivity index (χ2v) is 7.93. The molecule has 0 saturated carbocycles. The van der Waals surface area contributed by atoms with Crippen molar-refractivity contribution < 1.29 is 28.0 Å². The normalized spacial score (nSPS) is 18.8. The van der Waals surface area contributed by atoms with Gasteiger partial charge in [-0.1, -0.05) is 0 Å². The van der Waals surface area contributed by atoms with Crippen LogP contribution in [0.4, 0.5) is 5.69 Å². The van der Waals surface area contributed by atoms with E-state index in [1.54, 1.807) is 0 Å². The zero-order valence-corrected chi connectivity index (χ0v) is 13.0. The van der Waals surface area contributed by atoms with Gasteiger partial charge in [-0.2, -0.15) is 0 Å². The average molecular weight is 324 g/mol. The molecule has 0 aliphatic rings. The third-order valence-electron chi connectivity index (χ3n) is 2.22. The summed E-state index contributed by atoms with van der Waals surface area (Å²) in [6.07, 6.45) is 2.87. The molecule has 1 aromatic heterocycles. The standard InChI is InChI=1S/C10H18N2O6P2/c1-3-17-19(13,14)10(20(15,16)18-4-2)12-9-5-7-11-8-6-9/h5-8,10H,3-4H2,1-2H3,(H,11,12)(H,13,14)(H,15,16). The molecule has 2 unspecified atom stereocenters. The van der Waals surface area contributed by atoms with Crippen molar-refractivity contribution >= 4 is 20.9 Å². The number of aromatic nitrogens is 1. The Kier molecular flexibility index (Phi) is 6.33. The third kappa shape index (κ3) is 4.66. The lowest BCUT2D eigenvalue weighted by Gasteiger charge is -2.27. The van der Waals surface area contributed by atoms with Gasteiger partial charge in [0.05, 0.1) is 13.2 Å². The summed E-state index contributed by atoms with van der Waals surface area (Å²) in [6.45, 7) is 2.87. The summed E-state index contributed by atoms with van der Waals surface area (Å²) in [5.41, 5.74) is -1.41. The van der Waals surface area contributed by atoms with Gasteiger partial charge in [0.25, 0.3) is 0 Å². The Labute approximate surface area is 117 Å². The SMILES string of the molecule is CCOP(=O)(O)C(Nc1ccncc1)P(=O)(O)OCC. The fourth-order valence-electron chi connectivity index (χ4n) is 1.46. The fourth-order valence-corrected chi connectivity index (χ4v) is 4.98. The summed E-state index contributed by atoms with van der Waals surface area (Å²) >= 11 is 0. The highest BCUT2D eigenvalue weighted by Gasteiger charge is 2.47. The minimum Gasteiger partial charge on any atom is -0.362 e. The van der Waals surface area contributed by atoms with E-state index in [-0.39, 0.29) is 13.2 Å². The lowest BCUT2D eigenvalue weighted by Crippen LogP contribution is -2.22. The Morgan fingerprint density at radius 3 is 2.00 bits per heavy atom. The molecule has 0 aromatic carbocycles. The summed E-state index contributed by atoms with van der Waals surface area (Å²) in [7, 11) is -8.78. The maximum Gasteiger partial charge on any atom is 0.362 e. The lowest BCUT2D eigenvalue weighted by molar-refractivity contribution is 0.250. The quantitative estimate of drug-likeness (QED) is 0.623. The summed E-state index contributed by atoms with van der Waals surface area (Å²) < 4.78 is 33.6. The zero-order valence-electron chi connectivity index (χ0n) is 11.2. The maximum absolute atomic E-state index is 12.1. The molecule has 114 valence electrons. The minimum absolute atomic E-state index is 0.0750. The largest absolute Gasteiger partial charge is 0.362 e. The van der Waals surface area contributed by atoms with Crippen LogP contribution in [0.15, 0.2) is 24.5 Å². The van der Waals surface area contributed by atoms with Gasteiger partial charge in [-0.15, -0.1) is 0 Å². The molecule has 0 amide bonds. The highest BCUT2D eigenvalue weighted by molar-refractivity contribution is 7.72. The molecular formula is C10H18N2O6P2. The first-order chi connectivity index (χ1) is 9.33. The van der Waals surface area contributed by atoms with Crippen molar-refractivity contribution in [1.29, 1.82) is 0 Å². The van der Waals surface area contributed by atoms with E-state index in [9.17, 15) is 18.9 Å². The molecular weight excluding hydrogens is 306 g/mol. The van der Waals surface area contributed by atoms with E-state index in [2.05, 4.69) is 10.3 Å². The molecule has 8 nitrogen and oxygen atoms in total. The number of nitrogens with one attached hydrogen (secondary N) is 1.